The number of hydrogen-bond acceptors (Lipinski definition) is 3. The van der Waals surface area contributed by atoms with Crippen LogP contribution in [0, 0.1) is 12.8 Å². The number of rotatable bonds is 7. The molecule has 2 atom stereocenters. The quantitative estimate of drug-likeness (QED) is 0.723. The molecule has 0 aromatic heterocycles. The van der Waals surface area contributed by atoms with Crippen molar-refractivity contribution in [3.8, 4) is 0 Å². The molecule has 0 saturated carbocycles. The van der Waals surface area contributed by atoms with Crippen molar-refractivity contribution in [2.75, 3.05) is 18.1 Å². The van der Waals surface area contributed by atoms with Gasteiger partial charge in [-0.25, -0.2) is 4.79 Å². The van der Waals surface area contributed by atoms with Gasteiger partial charge in [-0.3, -0.25) is 0 Å². The van der Waals surface area contributed by atoms with Gasteiger partial charge in [-0.05, 0) is 49.6 Å². The number of anilines is 1. The number of aliphatic hydroxyl groups excluding tert-OH is 1. The second-order valence-corrected chi connectivity index (χ2v) is 6.41. The van der Waals surface area contributed by atoms with Crippen molar-refractivity contribution in [2.45, 2.75) is 39.0 Å². The molecule has 1 aromatic carbocycles. The van der Waals surface area contributed by atoms with E-state index in [2.05, 4.69) is 23.0 Å². The summed E-state index contributed by atoms with van der Waals surface area (Å²) in [4.78, 5) is 11.9. The van der Waals surface area contributed by atoms with Crippen LogP contribution >= 0.6 is 11.8 Å². The van der Waals surface area contributed by atoms with Crippen LogP contribution in [0.2, 0.25) is 0 Å². The number of benzene rings is 1. The second-order valence-electron chi connectivity index (χ2n) is 5.55. The molecule has 0 saturated heterocycles. The Kier molecular flexibility index (Phi) is 7.61. The van der Waals surface area contributed by atoms with E-state index in [4.69, 9.17) is 0 Å². The van der Waals surface area contributed by atoms with Crippen LogP contribution in [-0.4, -0.2) is 30.0 Å². The SMILES string of the molecule is CSCc1cccc(NC(=O)NCC(C)CC(C)O)c1C. The largest absolute Gasteiger partial charge is 0.393 e. The van der Waals surface area contributed by atoms with Crippen molar-refractivity contribution in [1.82, 2.24) is 5.32 Å². The van der Waals surface area contributed by atoms with E-state index in [0.717, 1.165) is 17.0 Å². The molecule has 3 N–H and O–H groups in total. The molecule has 0 spiro atoms. The second kappa shape index (κ2) is 8.95. The number of aliphatic hydroxyl groups is 1. The zero-order chi connectivity index (χ0) is 15.8. The van der Waals surface area contributed by atoms with E-state index >= 15 is 0 Å². The van der Waals surface area contributed by atoms with Crippen LogP contribution in [0.3, 0.4) is 0 Å². The van der Waals surface area contributed by atoms with E-state index in [1.54, 1.807) is 18.7 Å². The monoisotopic (exact) mass is 310 g/mol. The molecular weight excluding hydrogens is 284 g/mol. The van der Waals surface area contributed by atoms with Gasteiger partial charge in [0, 0.05) is 18.0 Å². The summed E-state index contributed by atoms with van der Waals surface area (Å²) in [6.07, 6.45) is 2.41. The zero-order valence-electron chi connectivity index (χ0n) is 13.3. The maximum absolute atomic E-state index is 11.9. The molecule has 0 fully saturated rings. The molecule has 0 heterocycles. The summed E-state index contributed by atoms with van der Waals surface area (Å²) < 4.78 is 0. The van der Waals surface area contributed by atoms with E-state index in [9.17, 15) is 9.90 Å². The van der Waals surface area contributed by atoms with Gasteiger partial charge in [0.15, 0.2) is 0 Å². The molecule has 2 unspecified atom stereocenters. The van der Waals surface area contributed by atoms with Crippen molar-refractivity contribution in [2.24, 2.45) is 5.92 Å². The van der Waals surface area contributed by atoms with Gasteiger partial charge < -0.3 is 15.7 Å². The lowest BCUT2D eigenvalue weighted by Gasteiger charge is -2.16. The van der Waals surface area contributed by atoms with Gasteiger partial charge >= 0.3 is 6.03 Å². The first-order valence-electron chi connectivity index (χ1n) is 7.24. The molecule has 0 bridgehead atoms. The van der Waals surface area contributed by atoms with E-state index in [0.29, 0.717) is 13.0 Å². The highest BCUT2D eigenvalue weighted by Gasteiger charge is 2.10. The van der Waals surface area contributed by atoms with Crippen molar-refractivity contribution < 1.29 is 9.90 Å². The number of thioether (sulfide) groups is 1. The highest BCUT2D eigenvalue weighted by atomic mass is 32.2. The van der Waals surface area contributed by atoms with Crippen molar-refractivity contribution in [1.29, 1.82) is 0 Å². The lowest BCUT2D eigenvalue weighted by atomic mass is 10.1. The minimum Gasteiger partial charge on any atom is -0.393 e. The summed E-state index contributed by atoms with van der Waals surface area (Å²) in [6.45, 7) is 6.35. The molecule has 0 aliphatic rings. The Morgan fingerprint density at radius 2 is 2.10 bits per heavy atom. The smallest absolute Gasteiger partial charge is 0.319 e. The number of carbonyl (C=O) groups excluding carboxylic acids is 1. The maximum atomic E-state index is 11.9. The Bertz CT molecular complexity index is 464. The Morgan fingerprint density at radius 1 is 1.38 bits per heavy atom. The minimum atomic E-state index is -0.338. The Labute approximate surface area is 131 Å². The van der Waals surface area contributed by atoms with Gasteiger partial charge in [0.05, 0.1) is 6.10 Å². The third-order valence-electron chi connectivity index (χ3n) is 3.35. The normalized spacial score (nSPS) is 13.6. The molecule has 0 aliphatic carbocycles. The lowest BCUT2D eigenvalue weighted by molar-refractivity contribution is 0.163. The fraction of sp³-hybridized carbons (Fsp3) is 0.562. The summed E-state index contributed by atoms with van der Waals surface area (Å²) >= 11 is 1.76. The van der Waals surface area contributed by atoms with Crippen LogP contribution in [0.1, 0.15) is 31.4 Å². The van der Waals surface area contributed by atoms with Crippen molar-refractivity contribution in [3.63, 3.8) is 0 Å². The third kappa shape index (κ3) is 6.40. The first-order valence-corrected chi connectivity index (χ1v) is 8.63. The molecule has 5 heteroatoms. The molecule has 0 radical (unpaired) electrons. The minimum absolute atomic E-state index is 0.197. The first-order chi connectivity index (χ1) is 9.93. The van der Waals surface area contributed by atoms with Crippen LogP contribution in [0.25, 0.3) is 0 Å². The molecule has 2 amide bonds. The highest BCUT2D eigenvalue weighted by molar-refractivity contribution is 7.97. The number of urea groups is 1. The number of nitrogens with one attached hydrogen (secondary N) is 2. The van der Waals surface area contributed by atoms with Crippen LogP contribution < -0.4 is 10.6 Å². The van der Waals surface area contributed by atoms with Crippen LogP contribution in [0.5, 0.6) is 0 Å². The third-order valence-corrected chi connectivity index (χ3v) is 3.95. The number of hydrogen-bond donors (Lipinski definition) is 3. The predicted octanol–water partition coefficient (Wildman–Crippen LogP) is 3.39. The van der Waals surface area contributed by atoms with E-state index in [-0.39, 0.29) is 18.1 Å². The fourth-order valence-corrected chi connectivity index (χ4v) is 2.85. The van der Waals surface area contributed by atoms with Gasteiger partial charge in [0.25, 0.3) is 0 Å². The summed E-state index contributed by atoms with van der Waals surface area (Å²) in [5.41, 5.74) is 3.20. The molecule has 21 heavy (non-hydrogen) atoms. The summed E-state index contributed by atoms with van der Waals surface area (Å²) in [5.74, 6) is 1.19. The van der Waals surface area contributed by atoms with Gasteiger partial charge in [-0.1, -0.05) is 19.1 Å². The van der Waals surface area contributed by atoms with Crippen LogP contribution in [-0.2, 0) is 5.75 Å². The summed E-state index contributed by atoms with van der Waals surface area (Å²) in [5, 5.41) is 15.1. The van der Waals surface area contributed by atoms with E-state index in [1.165, 1.54) is 5.56 Å². The van der Waals surface area contributed by atoms with E-state index < -0.39 is 0 Å². The van der Waals surface area contributed by atoms with Crippen LogP contribution in [0.15, 0.2) is 18.2 Å². The Morgan fingerprint density at radius 3 is 2.71 bits per heavy atom. The summed E-state index contributed by atoms with van der Waals surface area (Å²) in [6, 6.07) is 5.76. The molecule has 1 rings (SSSR count). The Balaban J connectivity index is 2.53. The standard InChI is InChI=1S/C16H26N2O2S/c1-11(8-12(2)19)9-17-16(20)18-15-7-5-6-14(10-21-4)13(15)3/h5-7,11-12,19H,8-10H2,1-4H3,(H2,17,18,20). The maximum Gasteiger partial charge on any atom is 0.319 e. The van der Waals surface area contributed by atoms with Gasteiger partial charge in [-0.2, -0.15) is 11.8 Å². The van der Waals surface area contributed by atoms with Gasteiger partial charge in [0.1, 0.15) is 0 Å². The number of carbonyl (C=O) groups is 1. The number of amides is 2. The fourth-order valence-electron chi connectivity index (χ4n) is 2.23. The van der Waals surface area contributed by atoms with E-state index in [1.807, 2.05) is 26.0 Å². The van der Waals surface area contributed by atoms with Gasteiger partial charge in [0.2, 0.25) is 0 Å². The predicted molar refractivity (Wildman–Crippen MR) is 90.9 cm³/mol. The summed E-state index contributed by atoms with van der Waals surface area (Å²) in [7, 11) is 0. The molecule has 118 valence electrons. The average Bonchev–Trinajstić information content (AvgIpc) is 2.40. The average molecular weight is 310 g/mol. The molecule has 4 nitrogen and oxygen atoms in total. The highest BCUT2D eigenvalue weighted by Crippen LogP contribution is 2.21. The van der Waals surface area contributed by atoms with Crippen LogP contribution in [0.4, 0.5) is 10.5 Å². The lowest BCUT2D eigenvalue weighted by Crippen LogP contribution is -2.33. The molecule has 1 aromatic rings. The zero-order valence-corrected chi connectivity index (χ0v) is 14.1. The van der Waals surface area contributed by atoms with Crippen molar-refractivity contribution >= 4 is 23.5 Å². The Hall–Kier alpha value is -1.20. The first kappa shape index (κ1) is 17.9. The van der Waals surface area contributed by atoms with Gasteiger partial charge in [-0.15, -0.1) is 0 Å². The topological polar surface area (TPSA) is 61.4 Å². The molecule has 0 aliphatic heterocycles. The van der Waals surface area contributed by atoms with Crippen molar-refractivity contribution in [3.05, 3.63) is 29.3 Å². The molecular formula is C16H26N2O2S.